The molecule has 0 radical (unpaired) electrons. The van der Waals surface area contributed by atoms with Crippen molar-refractivity contribution in [1.82, 2.24) is 4.98 Å². The van der Waals surface area contributed by atoms with E-state index in [1.165, 1.54) is 0 Å². The van der Waals surface area contributed by atoms with Gasteiger partial charge in [-0.1, -0.05) is 6.07 Å². The summed E-state index contributed by atoms with van der Waals surface area (Å²) < 4.78 is 17.4. The highest BCUT2D eigenvalue weighted by atomic mass is 31.1. The topological polar surface area (TPSA) is 148 Å². The average Bonchev–Trinajstić information content (AvgIpc) is 2.18. The minimum Gasteiger partial charge on any atom is -0.516 e. The molecule has 0 aliphatic heterocycles. The molecule has 10 heteroatoms. The van der Waals surface area contributed by atoms with Crippen molar-refractivity contribution >= 4 is 22.6 Å². The Balaban J connectivity index is 0. The summed E-state index contributed by atoms with van der Waals surface area (Å²) >= 11 is 0. The Morgan fingerprint density at radius 3 is 1.88 bits per heavy atom. The van der Waals surface area contributed by atoms with Crippen LogP contribution in [0.5, 0.6) is 0 Å². The first-order valence-electron chi connectivity index (χ1n) is 3.81. The fraction of sp³-hybridized carbons (Fsp3) is 0. The van der Waals surface area contributed by atoms with E-state index in [1.807, 2.05) is 12.1 Å². The molecule has 8 nitrogen and oxygen atoms in total. The van der Waals surface area contributed by atoms with Crippen molar-refractivity contribution in [2.45, 2.75) is 0 Å². The maximum atomic E-state index is 8.70. The highest BCUT2D eigenvalue weighted by Gasteiger charge is 1.93. The van der Waals surface area contributed by atoms with Gasteiger partial charge in [0.15, 0.2) is 0 Å². The van der Waals surface area contributed by atoms with Gasteiger partial charge in [-0.15, -0.1) is 19.6 Å². The number of aliphatic hydroxyl groups is 1. The molecular weight excluding hydrogens is 272 g/mol. The van der Waals surface area contributed by atoms with Gasteiger partial charge in [0, 0.05) is 21.5 Å². The Kier molecular flexibility index (Phi) is 13.6. The van der Waals surface area contributed by atoms with Gasteiger partial charge in [-0.3, -0.25) is 4.98 Å². The van der Waals surface area contributed by atoms with Gasteiger partial charge in [0.1, 0.15) is 0 Å². The molecule has 0 unspecified atom stereocenters. The molecule has 0 fully saturated rings. The summed E-state index contributed by atoms with van der Waals surface area (Å²) in [5.74, 6) is 0. The first kappa shape index (κ1) is 18.1. The second-order valence-electron chi connectivity index (χ2n) is 2.11. The van der Waals surface area contributed by atoms with Crippen LogP contribution in [-0.4, -0.2) is 29.7 Å². The molecule has 0 spiro atoms. The first-order chi connectivity index (χ1) is 7.90. The van der Waals surface area contributed by atoms with E-state index >= 15 is 0 Å². The zero-order valence-electron chi connectivity index (χ0n) is 8.36. The van der Waals surface area contributed by atoms with Crippen LogP contribution in [0.15, 0.2) is 30.8 Å². The number of rotatable bonds is 1. The Hall–Kier alpha value is -1.27. The second-order valence-corrected chi connectivity index (χ2v) is 3.12. The lowest BCUT2D eigenvalue weighted by Gasteiger charge is -1.85. The van der Waals surface area contributed by atoms with Crippen LogP contribution in [0.3, 0.4) is 0 Å². The summed E-state index contributed by atoms with van der Waals surface area (Å²) in [5, 5.41) is 8.31. The predicted molar refractivity (Wildman–Crippen MR) is 60.0 cm³/mol. The lowest BCUT2D eigenvalue weighted by atomic mass is 10.3. The van der Waals surface area contributed by atoms with Gasteiger partial charge in [0.2, 0.25) is 0 Å². The molecule has 0 aliphatic carbocycles. The van der Waals surface area contributed by atoms with Crippen molar-refractivity contribution in [3.63, 3.8) is 0 Å². The fourth-order valence-electron chi connectivity index (χ4n) is 0.561. The van der Waals surface area contributed by atoms with Crippen molar-refractivity contribution in [3.8, 4) is 0 Å². The highest BCUT2D eigenvalue weighted by molar-refractivity contribution is 7.31. The van der Waals surface area contributed by atoms with Crippen LogP contribution in [0.2, 0.25) is 0 Å². The zero-order chi connectivity index (χ0) is 13.7. The summed E-state index contributed by atoms with van der Waals surface area (Å²) in [6.07, 6.45) is 5.94. The fourth-order valence-corrected chi connectivity index (χ4v) is 0.561. The van der Waals surface area contributed by atoms with Gasteiger partial charge in [-0.25, -0.2) is 0 Å². The van der Waals surface area contributed by atoms with E-state index in [0.717, 1.165) is 11.8 Å². The van der Waals surface area contributed by atoms with Crippen LogP contribution >= 0.6 is 16.5 Å². The molecule has 1 heterocycles. The molecule has 1 aromatic heterocycles. The van der Waals surface area contributed by atoms with E-state index in [4.69, 9.17) is 33.8 Å². The van der Waals surface area contributed by atoms with Gasteiger partial charge in [-0.05, 0) is 17.7 Å². The smallest absolute Gasteiger partial charge is 0.516 e. The molecule has 0 bridgehead atoms. The molecule has 0 aromatic carbocycles. The number of nitrogens with zero attached hydrogens (tertiary/aromatic N) is 1. The molecule has 17 heavy (non-hydrogen) atoms. The van der Waals surface area contributed by atoms with E-state index in [2.05, 4.69) is 4.98 Å². The Bertz CT molecular complexity index is 336. The normalized spacial score (nSPS) is 8.47. The second kappa shape index (κ2) is 12.8. The molecule has 0 saturated heterocycles. The van der Waals surface area contributed by atoms with Crippen molar-refractivity contribution in [2.24, 2.45) is 0 Å². The van der Waals surface area contributed by atoms with Crippen molar-refractivity contribution < 1.29 is 33.8 Å². The molecule has 1 rings (SSSR count). The molecule has 5 N–H and O–H groups in total. The number of aliphatic hydroxyl groups excluding tert-OH is 1. The quantitative estimate of drug-likeness (QED) is 0.376. The van der Waals surface area contributed by atoms with Crippen molar-refractivity contribution in [1.29, 1.82) is 0 Å². The van der Waals surface area contributed by atoms with Crippen LogP contribution < -0.4 is 0 Å². The summed E-state index contributed by atoms with van der Waals surface area (Å²) in [7, 11) is -5.74. The molecule has 1 aromatic rings. The lowest BCUT2D eigenvalue weighted by molar-refractivity contribution is 0.403. The molecular formula is C7H11NO7P2+2. The molecule has 94 valence electrons. The maximum Gasteiger partial charge on any atom is 0.692 e. The number of aromatic nitrogens is 1. The summed E-state index contributed by atoms with van der Waals surface area (Å²) in [4.78, 5) is 32.3. The number of hydrogen-bond donors (Lipinski definition) is 5. The molecule has 0 atom stereocenters. The highest BCUT2D eigenvalue weighted by Crippen LogP contribution is 1.99. The van der Waals surface area contributed by atoms with E-state index < -0.39 is 16.5 Å². The SMILES string of the molecule is O=[P+](O)O.O=[P+](O)O.OC=Cc1cccnc1. The van der Waals surface area contributed by atoms with Crippen LogP contribution in [0.4, 0.5) is 0 Å². The summed E-state index contributed by atoms with van der Waals surface area (Å²) in [6, 6.07) is 3.68. The Morgan fingerprint density at radius 1 is 1.12 bits per heavy atom. The van der Waals surface area contributed by atoms with E-state index in [-0.39, 0.29) is 0 Å². The average molecular weight is 283 g/mol. The van der Waals surface area contributed by atoms with Gasteiger partial charge in [0.05, 0.1) is 6.26 Å². The third-order valence-corrected chi connectivity index (χ3v) is 0.951. The minimum atomic E-state index is -2.87. The third-order valence-electron chi connectivity index (χ3n) is 0.951. The predicted octanol–water partition coefficient (Wildman–Crippen LogP) is 0.867. The monoisotopic (exact) mass is 283 g/mol. The van der Waals surface area contributed by atoms with Crippen LogP contribution in [-0.2, 0) is 9.13 Å². The third kappa shape index (κ3) is 25.2. The van der Waals surface area contributed by atoms with E-state index in [0.29, 0.717) is 0 Å². The van der Waals surface area contributed by atoms with E-state index in [1.54, 1.807) is 18.5 Å². The van der Waals surface area contributed by atoms with Crippen LogP contribution in [0.25, 0.3) is 6.08 Å². The van der Waals surface area contributed by atoms with Gasteiger partial charge < -0.3 is 5.11 Å². The van der Waals surface area contributed by atoms with Crippen molar-refractivity contribution in [2.75, 3.05) is 0 Å². The zero-order valence-corrected chi connectivity index (χ0v) is 10.1. The lowest BCUT2D eigenvalue weighted by Crippen LogP contribution is -1.71. The van der Waals surface area contributed by atoms with Crippen LogP contribution in [0, 0.1) is 0 Å². The van der Waals surface area contributed by atoms with E-state index in [9.17, 15) is 0 Å². The van der Waals surface area contributed by atoms with Crippen LogP contribution in [0.1, 0.15) is 5.56 Å². The van der Waals surface area contributed by atoms with Gasteiger partial charge in [-0.2, -0.15) is 0 Å². The summed E-state index contributed by atoms with van der Waals surface area (Å²) in [6.45, 7) is 0. The largest absolute Gasteiger partial charge is 0.692 e. The number of pyridine rings is 1. The Labute approximate surface area is 98.4 Å². The maximum absolute atomic E-state index is 8.70. The molecule has 0 aliphatic rings. The summed E-state index contributed by atoms with van der Waals surface area (Å²) in [5.41, 5.74) is 0.903. The van der Waals surface area contributed by atoms with Gasteiger partial charge >= 0.3 is 16.5 Å². The standard InChI is InChI=1S/C7H7NO.2HO3P/c9-5-3-7-2-1-4-8-6-7;2*1-4(2)3/h1-6,9H;2*(H-,1,2,3)/p+2. The molecule has 0 saturated carbocycles. The van der Waals surface area contributed by atoms with Gasteiger partial charge in [0.25, 0.3) is 0 Å². The molecule has 0 amide bonds. The number of hydrogen-bond acceptors (Lipinski definition) is 4. The Morgan fingerprint density at radius 2 is 1.59 bits per heavy atom. The van der Waals surface area contributed by atoms with Crippen molar-refractivity contribution in [3.05, 3.63) is 36.4 Å². The minimum absolute atomic E-state index is 0.903. The first-order valence-corrected chi connectivity index (χ1v) is 6.14.